The van der Waals surface area contributed by atoms with E-state index in [9.17, 15) is 4.79 Å². The van der Waals surface area contributed by atoms with Crippen LogP contribution in [0.3, 0.4) is 0 Å². The van der Waals surface area contributed by atoms with Gasteiger partial charge in [0, 0.05) is 6.42 Å². The molecule has 0 fully saturated rings. The van der Waals surface area contributed by atoms with E-state index in [1.165, 1.54) is 0 Å². The normalized spacial score (nSPS) is 13.4. The van der Waals surface area contributed by atoms with Gasteiger partial charge in [0.2, 0.25) is 0 Å². The van der Waals surface area contributed by atoms with Gasteiger partial charge in [0.25, 0.3) is 0 Å². The molecule has 0 aliphatic rings. The molecule has 0 aliphatic carbocycles. The van der Waals surface area contributed by atoms with Gasteiger partial charge in [-0.25, -0.2) is 0 Å². The van der Waals surface area contributed by atoms with Crippen molar-refractivity contribution in [2.24, 2.45) is 16.7 Å². The van der Waals surface area contributed by atoms with Crippen LogP contribution in [0.5, 0.6) is 0 Å². The van der Waals surface area contributed by atoms with Crippen molar-refractivity contribution in [1.82, 2.24) is 0 Å². The highest BCUT2D eigenvalue weighted by Crippen LogP contribution is 2.42. The number of Topliss-reactive ketones (excluding diaryl/α,β-unsaturated/α-hetero) is 1. The molecular formula is C12H24O2. The summed E-state index contributed by atoms with van der Waals surface area (Å²) in [5.74, 6) is 0.245. The van der Waals surface area contributed by atoms with Crippen molar-refractivity contribution in [3.8, 4) is 0 Å². The number of carbonyl (C=O) groups excluding carboxylic acids is 1. The van der Waals surface area contributed by atoms with Gasteiger partial charge < -0.3 is 5.11 Å². The first-order chi connectivity index (χ1) is 6.09. The number of rotatable bonds is 3. The zero-order chi connectivity index (χ0) is 11.6. The fraction of sp³-hybridized carbons (Fsp3) is 0.917. The van der Waals surface area contributed by atoms with Crippen molar-refractivity contribution in [2.75, 3.05) is 6.61 Å². The summed E-state index contributed by atoms with van der Waals surface area (Å²) in [4.78, 5) is 11.3. The maximum Gasteiger partial charge on any atom is 0.158 e. The van der Waals surface area contributed by atoms with E-state index in [4.69, 9.17) is 5.11 Å². The molecule has 2 nitrogen and oxygen atoms in total. The van der Waals surface area contributed by atoms with Crippen LogP contribution in [-0.4, -0.2) is 17.5 Å². The van der Waals surface area contributed by atoms with Crippen LogP contribution in [0, 0.1) is 16.7 Å². The first-order valence-corrected chi connectivity index (χ1v) is 5.21. The number of hydrogen-bond donors (Lipinski definition) is 1. The lowest BCUT2D eigenvalue weighted by Gasteiger charge is -2.40. The molecule has 0 aromatic heterocycles. The van der Waals surface area contributed by atoms with E-state index in [1.54, 1.807) is 0 Å². The van der Waals surface area contributed by atoms with Gasteiger partial charge in [0.05, 0.1) is 0 Å². The Balaban J connectivity index is 4.68. The van der Waals surface area contributed by atoms with Gasteiger partial charge in [0.15, 0.2) is 5.78 Å². The summed E-state index contributed by atoms with van der Waals surface area (Å²) in [6, 6.07) is 0. The first-order valence-electron chi connectivity index (χ1n) is 5.21. The monoisotopic (exact) mass is 200 g/mol. The molecule has 0 atom stereocenters. The van der Waals surface area contributed by atoms with Crippen molar-refractivity contribution < 1.29 is 9.90 Å². The van der Waals surface area contributed by atoms with Crippen LogP contribution in [0.25, 0.3) is 0 Å². The second-order valence-corrected chi connectivity index (χ2v) is 6.19. The highest BCUT2D eigenvalue weighted by molar-refractivity contribution is 5.79. The van der Waals surface area contributed by atoms with Crippen LogP contribution < -0.4 is 0 Å². The molecule has 0 radical (unpaired) electrons. The molecule has 2 heteroatoms. The summed E-state index contributed by atoms with van der Waals surface area (Å²) >= 11 is 0. The molecule has 0 aromatic carbocycles. The largest absolute Gasteiger partial charge is 0.389 e. The Morgan fingerprint density at radius 2 is 1.43 bits per heavy atom. The minimum Gasteiger partial charge on any atom is -0.389 e. The van der Waals surface area contributed by atoms with E-state index in [1.807, 2.05) is 0 Å². The Kier molecular flexibility index (Phi) is 4.32. The van der Waals surface area contributed by atoms with Gasteiger partial charge in [0.1, 0.15) is 6.61 Å². The molecular weight excluding hydrogens is 176 g/mol. The zero-order valence-corrected chi connectivity index (χ0v) is 10.3. The third-order valence-corrected chi connectivity index (χ3v) is 2.70. The lowest BCUT2D eigenvalue weighted by molar-refractivity contribution is -0.125. The topological polar surface area (TPSA) is 37.3 Å². The highest BCUT2D eigenvalue weighted by Gasteiger charge is 2.35. The lowest BCUT2D eigenvalue weighted by atomic mass is 9.65. The molecule has 0 rings (SSSR count). The first kappa shape index (κ1) is 13.6. The van der Waals surface area contributed by atoms with Gasteiger partial charge >= 0.3 is 0 Å². The van der Waals surface area contributed by atoms with Crippen LogP contribution in [0.15, 0.2) is 0 Å². The third-order valence-electron chi connectivity index (χ3n) is 2.70. The van der Waals surface area contributed by atoms with Gasteiger partial charge in [-0.3, -0.25) is 4.79 Å². The highest BCUT2D eigenvalue weighted by atomic mass is 16.3. The Morgan fingerprint density at radius 1 is 1.07 bits per heavy atom. The number of ketones is 1. The van der Waals surface area contributed by atoms with Crippen molar-refractivity contribution in [1.29, 1.82) is 0 Å². The van der Waals surface area contributed by atoms with E-state index in [0.717, 1.165) is 0 Å². The summed E-state index contributed by atoms with van der Waals surface area (Å²) in [6.45, 7) is 12.5. The molecule has 0 bridgehead atoms. The van der Waals surface area contributed by atoms with Crippen LogP contribution in [0.2, 0.25) is 0 Å². The van der Waals surface area contributed by atoms with E-state index in [-0.39, 0.29) is 23.2 Å². The van der Waals surface area contributed by atoms with Gasteiger partial charge in [-0.05, 0) is 16.7 Å². The zero-order valence-electron chi connectivity index (χ0n) is 10.3. The molecule has 1 N–H and O–H groups in total. The number of hydrogen-bond acceptors (Lipinski definition) is 2. The molecule has 0 saturated heterocycles. The maximum absolute atomic E-state index is 11.3. The van der Waals surface area contributed by atoms with Gasteiger partial charge in [-0.1, -0.05) is 41.5 Å². The van der Waals surface area contributed by atoms with Crippen LogP contribution >= 0.6 is 0 Å². The fourth-order valence-corrected chi connectivity index (χ4v) is 2.20. The maximum atomic E-state index is 11.3. The molecule has 14 heavy (non-hydrogen) atoms. The predicted octanol–water partition coefficient (Wildman–Crippen LogP) is 2.65. The van der Waals surface area contributed by atoms with Crippen LogP contribution in [0.1, 0.15) is 48.0 Å². The second-order valence-electron chi connectivity index (χ2n) is 6.19. The van der Waals surface area contributed by atoms with Crippen molar-refractivity contribution in [2.45, 2.75) is 48.0 Å². The summed E-state index contributed by atoms with van der Waals surface area (Å²) in [7, 11) is 0. The van der Waals surface area contributed by atoms with Crippen LogP contribution in [-0.2, 0) is 4.79 Å². The minimum atomic E-state index is -0.331. The van der Waals surface area contributed by atoms with Crippen molar-refractivity contribution in [3.05, 3.63) is 0 Å². The molecule has 0 aromatic rings. The quantitative estimate of drug-likeness (QED) is 0.760. The fourth-order valence-electron chi connectivity index (χ4n) is 2.20. The lowest BCUT2D eigenvalue weighted by Crippen LogP contribution is -2.34. The summed E-state index contributed by atoms with van der Waals surface area (Å²) in [5, 5.41) is 8.77. The van der Waals surface area contributed by atoms with Crippen molar-refractivity contribution in [3.63, 3.8) is 0 Å². The number of carbonyl (C=O) groups is 1. The van der Waals surface area contributed by atoms with Crippen LogP contribution in [0.4, 0.5) is 0 Å². The van der Waals surface area contributed by atoms with E-state index in [2.05, 4.69) is 41.5 Å². The van der Waals surface area contributed by atoms with Crippen molar-refractivity contribution >= 4 is 5.78 Å². The predicted molar refractivity (Wildman–Crippen MR) is 59.1 cm³/mol. The van der Waals surface area contributed by atoms with Gasteiger partial charge in [-0.2, -0.15) is 0 Å². The van der Waals surface area contributed by atoms with E-state index in [0.29, 0.717) is 12.3 Å². The molecule has 0 heterocycles. The van der Waals surface area contributed by atoms with Gasteiger partial charge in [-0.15, -0.1) is 0 Å². The summed E-state index contributed by atoms with van der Waals surface area (Å²) < 4.78 is 0. The Hall–Kier alpha value is -0.370. The average Bonchev–Trinajstić information content (AvgIpc) is 1.95. The Labute approximate surface area is 87.7 Å². The van der Waals surface area contributed by atoms with E-state index < -0.39 is 0 Å². The molecule has 0 saturated carbocycles. The standard InChI is InChI=1S/C12H24O2/c1-11(2,3)10(12(4,5)6)7-9(14)8-13/h10,13H,7-8H2,1-6H3. The average molecular weight is 200 g/mol. The second kappa shape index (κ2) is 4.43. The van der Waals surface area contributed by atoms with E-state index >= 15 is 0 Å². The third kappa shape index (κ3) is 4.23. The molecule has 0 unspecified atom stereocenters. The SMILES string of the molecule is CC(C)(C)C(CC(=O)CO)C(C)(C)C. The molecule has 0 spiro atoms. The number of aliphatic hydroxyl groups excluding tert-OH is 1. The Bertz CT molecular complexity index is 179. The number of aliphatic hydroxyl groups is 1. The molecule has 0 aliphatic heterocycles. The minimum absolute atomic E-state index is 0.0557. The molecule has 84 valence electrons. The Morgan fingerprint density at radius 3 is 1.64 bits per heavy atom. The smallest absolute Gasteiger partial charge is 0.158 e. The molecule has 0 amide bonds. The summed E-state index contributed by atoms with van der Waals surface area (Å²) in [6.07, 6.45) is 0.476. The summed E-state index contributed by atoms with van der Waals surface area (Å²) in [5.41, 5.74) is 0.201.